The molecule has 5 nitrogen and oxygen atoms in total. The molecule has 0 aliphatic heterocycles. The van der Waals surface area contributed by atoms with Crippen LogP contribution in [0.1, 0.15) is 6.92 Å². The van der Waals surface area contributed by atoms with Crippen LogP contribution in [0, 0.1) is 13.8 Å². The fourth-order valence-corrected chi connectivity index (χ4v) is 2.00. The van der Waals surface area contributed by atoms with Gasteiger partial charge in [0, 0.05) is 26.8 Å². The summed E-state index contributed by atoms with van der Waals surface area (Å²) in [6, 6.07) is 12.0. The SMILES string of the molecule is O=[C-]Nc1c(Cl)cccc1Cl.[CH2-]C.[CH2-]C(=O)Nc1ccc(OC)cc1.[W]. The summed E-state index contributed by atoms with van der Waals surface area (Å²) in [6.07, 6.45) is 1.50. The molecular weight excluding hydrogens is 547 g/mol. The Morgan fingerprint density at radius 2 is 1.58 bits per heavy atom. The molecule has 0 saturated heterocycles. The summed E-state index contributed by atoms with van der Waals surface area (Å²) in [5, 5.41) is 5.63. The zero-order valence-corrected chi connectivity index (χ0v) is 18.8. The van der Waals surface area contributed by atoms with Gasteiger partial charge in [-0.15, -0.1) is 23.2 Å². The Balaban J connectivity index is 0. The summed E-state index contributed by atoms with van der Waals surface area (Å²) in [4.78, 5) is 20.4. The molecule has 142 valence electrons. The Morgan fingerprint density at radius 3 is 1.96 bits per heavy atom. The van der Waals surface area contributed by atoms with Crippen LogP contribution in [0.4, 0.5) is 11.4 Å². The molecule has 0 unspecified atom stereocenters. The van der Waals surface area contributed by atoms with E-state index in [1.165, 1.54) is 6.41 Å². The first-order valence-electron chi connectivity index (χ1n) is 7.02. The second-order valence-electron chi connectivity index (χ2n) is 4.10. The molecule has 2 aromatic rings. The minimum atomic E-state index is -0.319. The van der Waals surface area contributed by atoms with Gasteiger partial charge in [-0.1, -0.05) is 23.9 Å². The van der Waals surface area contributed by atoms with Gasteiger partial charge in [0.2, 0.25) is 0 Å². The number of rotatable bonds is 4. The molecule has 0 aliphatic carbocycles. The molecule has 0 aliphatic rings. The van der Waals surface area contributed by atoms with Crippen LogP contribution in [0.25, 0.3) is 0 Å². The van der Waals surface area contributed by atoms with Crippen molar-refractivity contribution in [3.05, 3.63) is 66.4 Å². The predicted molar refractivity (Wildman–Crippen MR) is 104 cm³/mol. The van der Waals surface area contributed by atoms with Crippen molar-refractivity contribution >= 4 is 46.9 Å². The molecule has 0 fully saturated rings. The maximum atomic E-state index is 10.5. The fourth-order valence-electron chi connectivity index (χ4n) is 1.50. The van der Waals surface area contributed by atoms with Gasteiger partial charge >= 0.3 is 0 Å². The Morgan fingerprint density at radius 1 is 1.08 bits per heavy atom. The molecule has 0 spiro atoms. The van der Waals surface area contributed by atoms with Crippen LogP contribution >= 0.6 is 23.2 Å². The topological polar surface area (TPSA) is 67.4 Å². The van der Waals surface area contributed by atoms with Crippen molar-refractivity contribution in [2.75, 3.05) is 17.7 Å². The number of methoxy groups -OCH3 is 1. The molecule has 2 aromatic carbocycles. The van der Waals surface area contributed by atoms with Gasteiger partial charge in [0.25, 0.3) is 0 Å². The summed E-state index contributed by atoms with van der Waals surface area (Å²) in [6.45, 7) is 8.20. The largest absolute Gasteiger partial charge is 0.497 e. The summed E-state index contributed by atoms with van der Waals surface area (Å²) in [5.74, 6) is 0.442. The minimum Gasteiger partial charge on any atom is -0.497 e. The summed E-state index contributed by atoms with van der Waals surface area (Å²) >= 11 is 11.4. The number of carbonyl (C=O) groups excluding carboxylic acids is 2. The van der Waals surface area contributed by atoms with Gasteiger partial charge < -0.3 is 38.8 Å². The van der Waals surface area contributed by atoms with Crippen LogP contribution < -0.4 is 15.4 Å². The Labute approximate surface area is 178 Å². The third-order valence-corrected chi connectivity index (χ3v) is 3.14. The maximum Gasteiger partial charge on any atom is 0.119 e. The van der Waals surface area contributed by atoms with E-state index >= 15 is 0 Å². The number of hydrogen-bond acceptors (Lipinski definition) is 3. The second kappa shape index (κ2) is 15.6. The monoisotopic (exact) mass is 565 g/mol. The average Bonchev–Trinajstić information content (AvgIpc) is 2.61. The second-order valence-corrected chi connectivity index (χ2v) is 4.91. The molecule has 2 amide bonds. The van der Waals surface area contributed by atoms with Crippen molar-refractivity contribution in [3.63, 3.8) is 0 Å². The van der Waals surface area contributed by atoms with E-state index in [-0.39, 0.29) is 27.0 Å². The number of benzene rings is 2. The number of amides is 2. The number of para-hydroxylation sites is 1. The van der Waals surface area contributed by atoms with Crippen molar-refractivity contribution in [1.82, 2.24) is 0 Å². The molecule has 0 heterocycles. The Kier molecular flexibility index (Phi) is 15.9. The first-order chi connectivity index (χ1) is 12.0. The van der Waals surface area contributed by atoms with E-state index in [1.54, 1.807) is 56.5 Å². The van der Waals surface area contributed by atoms with Gasteiger partial charge in [0.15, 0.2) is 0 Å². The van der Waals surface area contributed by atoms with Crippen molar-refractivity contribution < 1.29 is 35.4 Å². The van der Waals surface area contributed by atoms with Gasteiger partial charge in [0.05, 0.1) is 19.4 Å². The predicted octanol–water partition coefficient (Wildman–Crippen LogP) is 4.78. The number of carbonyl (C=O) groups is 1. The molecule has 0 bridgehead atoms. The van der Waals surface area contributed by atoms with Gasteiger partial charge in [0.1, 0.15) is 5.75 Å². The molecule has 2 rings (SSSR count). The summed E-state index contributed by atoms with van der Waals surface area (Å²) in [7, 11) is 1.59. The minimum absolute atomic E-state index is 0. The van der Waals surface area contributed by atoms with Crippen LogP contribution in [-0.2, 0) is 30.7 Å². The number of anilines is 2. The molecule has 0 radical (unpaired) electrons. The molecule has 0 aromatic heterocycles. The normalized spacial score (nSPS) is 8.35. The van der Waals surface area contributed by atoms with Gasteiger partial charge in [-0.3, -0.25) is 0 Å². The number of nitrogens with one attached hydrogen (secondary N) is 2. The molecular formula is C18H19Cl2N2O3W-3. The van der Waals surface area contributed by atoms with E-state index in [2.05, 4.69) is 24.5 Å². The van der Waals surface area contributed by atoms with E-state index in [1.807, 2.05) is 0 Å². The zero-order chi connectivity index (χ0) is 19.2. The Hall–Kier alpha value is -1.68. The van der Waals surface area contributed by atoms with Gasteiger partial charge in [-0.2, -0.15) is 6.92 Å². The molecule has 2 N–H and O–H groups in total. The number of halogens is 2. The van der Waals surface area contributed by atoms with Crippen LogP contribution in [0.2, 0.25) is 10.0 Å². The van der Waals surface area contributed by atoms with Crippen LogP contribution in [0.5, 0.6) is 5.75 Å². The number of ether oxygens (including phenoxy) is 1. The third-order valence-electron chi connectivity index (χ3n) is 2.51. The van der Waals surface area contributed by atoms with Gasteiger partial charge in [-0.25, -0.2) is 0 Å². The van der Waals surface area contributed by atoms with Crippen LogP contribution in [0.3, 0.4) is 0 Å². The van der Waals surface area contributed by atoms with E-state index in [4.69, 9.17) is 27.9 Å². The smallest absolute Gasteiger partial charge is 0.119 e. The van der Waals surface area contributed by atoms with E-state index in [0.717, 1.165) is 11.4 Å². The van der Waals surface area contributed by atoms with Gasteiger partial charge in [-0.05, 0) is 34.3 Å². The van der Waals surface area contributed by atoms with Crippen molar-refractivity contribution in [1.29, 1.82) is 0 Å². The molecule has 0 atom stereocenters. The first-order valence-corrected chi connectivity index (χ1v) is 7.78. The molecule has 0 saturated carbocycles. The van der Waals surface area contributed by atoms with E-state index < -0.39 is 0 Å². The van der Waals surface area contributed by atoms with Crippen molar-refractivity contribution in [2.45, 2.75) is 6.92 Å². The standard InChI is InChI=1S/C9H10NO2.C7H4Cl2NO.C2H5.W/c1-7(11)10-8-3-5-9(12-2)6-4-8;8-5-2-1-3-6(9)7(5)10-4-11;1-2;/h3-6H,1H2,2H3,(H,10,11);1-3H,(H,10,11);1H2,2H3;/q3*-1;. The van der Waals surface area contributed by atoms with Crippen LogP contribution in [0.15, 0.2) is 42.5 Å². The average molecular weight is 566 g/mol. The summed E-state index contributed by atoms with van der Waals surface area (Å²) in [5.41, 5.74) is 1.11. The Bertz CT molecular complexity index is 648. The van der Waals surface area contributed by atoms with E-state index in [0.29, 0.717) is 15.7 Å². The van der Waals surface area contributed by atoms with E-state index in [9.17, 15) is 9.59 Å². The summed E-state index contributed by atoms with van der Waals surface area (Å²) < 4.78 is 4.95. The fraction of sp³-hybridized carbons (Fsp3) is 0.111. The quantitative estimate of drug-likeness (QED) is 0.414. The number of hydrogen-bond donors (Lipinski definition) is 2. The molecule has 8 heteroatoms. The zero-order valence-electron chi connectivity index (χ0n) is 14.3. The van der Waals surface area contributed by atoms with Crippen LogP contribution in [-0.4, -0.2) is 19.4 Å². The first kappa shape index (κ1) is 26.5. The molecule has 26 heavy (non-hydrogen) atoms. The third kappa shape index (κ3) is 10.3. The maximum absolute atomic E-state index is 10.5. The van der Waals surface area contributed by atoms with Crippen molar-refractivity contribution in [3.8, 4) is 5.75 Å². The van der Waals surface area contributed by atoms with Crippen molar-refractivity contribution in [2.24, 2.45) is 0 Å².